The number of hydrogen-bond donors (Lipinski definition) is 2. The summed E-state index contributed by atoms with van der Waals surface area (Å²) in [6.45, 7) is 19.2. The SMILES string of the molecule is CC(C)C(=O)O.CC(C)C(=O)OC(=O)C(C)C.COC(=O)C(C)(C)O.COC(=O)C(C)(C)OC(=O)C(C)C. The third-order valence-corrected chi connectivity index (χ3v) is 3.83. The van der Waals surface area contributed by atoms with Gasteiger partial charge in [0.15, 0.2) is 5.60 Å². The summed E-state index contributed by atoms with van der Waals surface area (Å²) in [6.07, 6.45) is 0. The Labute approximate surface area is 226 Å². The molecule has 0 aromatic carbocycles. The second-order valence-electron chi connectivity index (χ2n) is 10.2. The van der Waals surface area contributed by atoms with Gasteiger partial charge in [-0.3, -0.25) is 19.2 Å². The predicted octanol–water partition coefficient (Wildman–Crippen LogP) is 3.16. The molecule has 0 amide bonds. The first kappa shape index (κ1) is 42.1. The molecule has 38 heavy (non-hydrogen) atoms. The summed E-state index contributed by atoms with van der Waals surface area (Å²) in [4.78, 5) is 63.9. The fourth-order valence-electron chi connectivity index (χ4n) is 1.24. The van der Waals surface area contributed by atoms with Gasteiger partial charge in [-0.1, -0.05) is 55.4 Å². The van der Waals surface area contributed by atoms with Crippen LogP contribution in [0.3, 0.4) is 0 Å². The number of carbonyl (C=O) groups excluding carboxylic acids is 5. The highest BCUT2D eigenvalue weighted by atomic mass is 16.6. The molecule has 0 aromatic rings. The number of carbonyl (C=O) groups is 6. The Balaban J connectivity index is -0.000000211. The molecule has 0 fully saturated rings. The molecule has 0 aromatic heterocycles. The van der Waals surface area contributed by atoms with Crippen molar-refractivity contribution in [2.45, 2.75) is 94.3 Å². The summed E-state index contributed by atoms with van der Waals surface area (Å²) >= 11 is 0. The van der Waals surface area contributed by atoms with Crippen molar-refractivity contribution in [3.8, 4) is 0 Å². The van der Waals surface area contributed by atoms with Crippen molar-refractivity contribution in [2.75, 3.05) is 14.2 Å². The van der Waals surface area contributed by atoms with E-state index in [1.807, 2.05) is 0 Å². The third kappa shape index (κ3) is 23.4. The van der Waals surface area contributed by atoms with Crippen LogP contribution < -0.4 is 0 Å². The zero-order chi connectivity index (χ0) is 31.6. The van der Waals surface area contributed by atoms with Crippen molar-refractivity contribution in [1.29, 1.82) is 0 Å². The number of methoxy groups -OCH3 is 2. The normalized spacial score (nSPS) is 10.6. The van der Waals surface area contributed by atoms with E-state index in [1.165, 1.54) is 41.9 Å². The van der Waals surface area contributed by atoms with Crippen LogP contribution in [0.25, 0.3) is 0 Å². The lowest BCUT2D eigenvalue weighted by Gasteiger charge is -2.22. The second kappa shape index (κ2) is 20.0. The maximum absolute atomic E-state index is 11.1. The van der Waals surface area contributed by atoms with Gasteiger partial charge in [0.2, 0.25) is 5.60 Å². The molecule has 0 atom stereocenters. The summed E-state index contributed by atoms with van der Waals surface area (Å²) < 4.78 is 18.1. The minimum atomic E-state index is -1.35. The zero-order valence-corrected chi connectivity index (χ0v) is 25.3. The van der Waals surface area contributed by atoms with E-state index in [0.717, 1.165) is 0 Å². The van der Waals surface area contributed by atoms with Gasteiger partial charge >= 0.3 is 35.8 Å². The molecular weight excluding hydrogens is 504 g/mol. The summed E-state index contributed by atoms with van der Waals surface area (Å²) in [7, 11) is 2.49. The first-order valence-corrected chi connectivity index (χ1v) is 12.0. The molecule has 0 rings (SSSR count). The van der Waals surface area contributed by atoms with Gasteiger partial charge in [0.25, 0.3) is 0 Å². The van der Waals surface area contributed by atoms with E-state index >= 15 is 0 Å². The molecule has 0 aliphatic heterocycles. The van der Waals surface area contributed by atoms with Gasteiger partial charge in [-0.2, -0.15) is 0 Å². The van der Waals surface area contributed by atoms with E-state index in [2.05, 4.69) is 14.2 Å². The average molecular weight is 553 g/mol. The lowest BCUT2D eigenvalue weighted by molar-refractivity contribution is -0.178. The van der Waals surface area contributed by atoms with Crippen LogP contribution in [-0.4, -0.2) is 71.5 Å². The molecule has 0 bridgehead atoms. The molecule has 0 aliphatic carbocycles. The molecule has 0 unspecified atom stereocenters. The van der Waals surface area contributed by atoms with Gasteiger partial charge in [-0.15, -0.1) is 0 Å². The molecule has 12 heteroatoms. The van der Waals surface area contributed by atoms with Crippen LogP contribution in [0.1, 0.15) is 83.1 Å². The minimum absolute atomic E-state index is 0.231. The first-order chi connectivity index (χ1) is 16.9. The highest BCUT2D eigenvalue weighted by Crippen LogP contribution is 2.13. The number of rotatable bonds is 7. The Kier molecular flexibility index (Phi) is 22.2. The van der Waals surface area contributed by atoms with Crippen molar-refractivity contribution >= 4 is 35.8 Å². The van der Waals surface area contributed by atoms with Crippen LogP contribution in [0.5, 0.6) is 0 Å². The number of carboxylic acids is 1. The molecule has 0 saturated heterocycles. The molecule has 0 radical (unpaired) electrons. The Morgan fingerprint density at radius 2 is 0.868 bits per heavy atom. The molecular formula is C26H48O12. The third-order valence-electron chi connectivity index (χ3n) is 3.83. The van der Waals surface area contributed by atoms with Crippen molar-refractivity contribution < 1.29 is 57.9 Å². The lowest BCUT2D eigenvalue weighted by atomic mass is 10.1. The molecule has 0 aliphatic rings. The summed E-state index contributed by atoms with van der Waals surface area (Å²) in [6, 6.07) is 0. The number of esters is 5. The lowest BCUT2D eigenvalue weighted by Crippen LogP contribution is -2.39. The molecule has 2 N–H and O–H groups in total. The molecule has 0 saturated carbocycles. The van der Waals surface area contributed by atoms with E-state index in [9.17, 15) is 28.8 Å². The van der Waals surface area contributed by atoms with Crippen molar-refractivity contribution in [3.05, 3.63) is 0 Å². The van der Waals surface area contributed by atoms with Crippen LogP contribution in [0.2, 0.25) is 0 Å². The fraction of sp³-hybridized carbons (Fsp3) is 0.769. The summed E-state index contributed by atoms with van der Waals surface area (Å²) in [5.74, 6) is -4.18. The van der Waals surface area contributed by atoms with Crippen molar-refractivity contribution in [2.24, 2.45) is 23.7 Å². The molecule has 0 spiro atoms. The topological polar surface area (TPSA) is 180 Å². The molecule has 12 nitrogen and oxygen atoms in total. The number of aliphatic hydroxyl groups is 1. The van der Waals surface area contributed by atoms with E-state index in [1.54, 1.807) is 55.4 Å². The highest BCUT2D eigenvalue weighted by Gasteiger charge is 2.33. The van der Waals surface area contributed by atoms with E-state index in [-0.39, 0.29) is 23.7 Å². The van der Waals surface area contributed by atoms with Gasteiger partial charge in [-0.25, -0.2) is 9.59 Å². The Morgan fingerprint density at radius 1 is 0.579 bits per heavy atom. The zero-order valence-electron chi connectivity index (χ0n) is 25.3. The van der Waals surface area contributed by atoms with Gasteiger partial charge in [-0.05, 0) is 27.7 Å². The number of hydrogen-bond acceptors (Lipinski definition) is 11. The van der Waals surface area contributed by atoms with Gasteiger partial charge < -0.3 is 29.2 Å². The minimum Gasteiger partial charge on any atom is -0.481 e. The van der Waals surface area contributed by atoms with Crippen molar-refractivity contribution in [1.82, 2.24) is 0 Å². The maximum Gasteiger partial charge on any atom is 0.349 e. The molecule has 0 heterocycles. The average Bonchev–Trinajstić information content (AvgIpc) is 2.77. The van der Waals surface area contributed by atoms with Crippen LogP contribution in [0, 0.1) is 23.7 Å². The van der Waals surface area contributed by atoms with Crippen LogP contribution in [0.4, 0.5) is 0 Å². The van der Waals surface area contributed by atoms with E-state index in [0.29, 0.717) is 0 Å². The Hall–Kier alpha value is -3.02. The summed E-state index contributed by atoms with van der Waals surface area (Å²) in [5, 5.41) is 16.8. The number of aliphatic carboxylic acids is 1. The smallest absolute Gasteiger partial charge is 0.349 e. The Morgan fingerprint density at radius 3 is 1.03 bits per heavy atom. The largest absolute Gasteiger partial charge is 0.481 e. The summed E-state index contributed by atoms with van der Waals surface area (Å²) in [5.41, 5.74) is -2.55. The number of carboxylic acid groups (broad SMARTS) is 1. The van der Waals surface area contributed by atoms with Gasteiger partial charge in [0.1, 0.15) is 0 Å². The second-order valence-corrected chi connectivity index (χ2v) is 10.2. The predicted molar refractivity (Wildman–Crippen MR) is 139 cm³/mol. The molecule has 224 valence electrons. The maximum atomic E-state index is 11.1. The van der Waals surface area contributed by atoms with Crippen LogP contribution in [-0.2, 0) is 47.7 Å². The van der Waals surface area contributed by atoms with Gasteiger partial charge in [0, 0.05) is 0 Å². The Bertz CT molecular complexity index is 739. The standard InChI is InChI=1S/C9H16O4.C8H14O3.C5H10O3.C4H8O2/c1-6(2)7(10)13-9(3,4)8(11)12-5;1-5(2)7(9)11-8(10)6(3)4;1-5(2,7)4(6)8-3;1-3(2)4(5)6/h6H,1-5H3;5-6H,1-4H3;7H,1-3H3;3H,1-2H3,(H,5,6). The van der Waals surface area contributed by atoms with Crippen LogP contribution in [0.15, 0.2) is 0 Å². The van der Waals surface area contributed by atoms with E-state index < -0.39 is 47.0 Å². The van der Waals surface area contributed by atoms with Crippen molar-refractivity contribution in [3.63, 3.8) is 0 Å². The van der Waals surface area contributed by atoms with Crippen LogP contribution >= 0.6 is 0 Å². The monoisotopic (exact) mass is 552 g/mol. The fourth-order valence-corrected chi connectivity index (χ4v) is 1.24. The first-order valence-electron chi connectivity index (χ1n) is 12.0. The quantitative estimate of drug-likeness (QED) is 0.268. The number of ether oxygens (including phenoxy) is 4. The highest BCUT2D eigenvalue weighted by molar-refractivity contribution is 5.87. The van der Waals surface area contributed by atoms with Gasteiger partial charge in [0.05, 0.1) is 37.9 Å². The van der Waals surface area contributed by atoms with E-state index in [4.69, 9.17) is 14.9 Å².